The molecule has 1 aromatic carbocycles. The van der Waals surface area contributed by atoms with Crippen molar-refractivity contribution in [3.8, 4) is 0 Å². The van der Waals surface area contributed by atoms with E-state index in [0.717, 1.165) is 26.9 Å². The molecule has 21 heavy (non-hydrogen) atoms. The lowest BCUT2D eigenvalue weighted by Crippen LogP contribution is -2.12. The third kappa shape index (κ3) is 3.89. The fraction of sp³-hybridized carbons (Fsp3) is 0.467. The Labute approximate surface area is 132 Å². The summed E-state index contributed by atoms with van der Waals surface area (Å²) in [5, 5.41) is 4.32. The summed E-state index contributed by atoms with van der Waals surface area (Å²) in [5.41, 5.74) is 7.35. The van der Waals surface area contributed by atoms with Gasteiger partial charge in [0, 0.05) is 23.1 Å². The number of rotatable bonds is 5. The Morgan fingerprint density at radius 3 is 3.05 bits per heavy atom. The molecular formula is C15H19N3OS2. The van der Waals surface area contributed by atoms with Gasteiger partial charge in [0.1, 0.15) is 0 Å². The van der Waals surface area contributed by atoms with Gasteiger partial charge >= 0.3 is 0 Å². The predicted molar refractivity (Wildman–Crippen MR) is 92.0 cm³/mol. The topological polar surface area (TPSA) is 68.0 Å². The molecule has 0 unspecified atom stereocenters. The standard InChI is InChI=1S/C15H19N3OS2/c16-10-5-6-12-13(9-10)21-15(17-12)18-14(19)7-8-20-11-3-1-2-4-11/h5-6,9,11H,1-4,7-8,16H2,(H,17,18,19). The molecular weight excluding hydrogens is 302 g/mol. The third-order valence-corrected chi connectivity index (χ3v) is 5.96. The van der Waals surface area contributed by atoms with E-state index in [0.29, 0.717) is 11.6 Å². The number of nitrogens with one attached hydrogen (secondary N) is 1. The van der Waals surface area contributed by atoms with Crippen molar-refractivity contribution in [2.24, 2.45) is 0 Å². The smallest absolute Gasteiger partial charge is 0.226 e. The second-order valence-electron chi connectivity index (χ2n) is 5.32. The molecule has 4 nitrogen and oxygen atoms in total. The van der Waals surface area contributed by atoms with Gasteiger partial charge in [-0.3, -0.25) is 4.79 Å². The van der Waals surface area contributed by atoms with E-state index < -0.39 is 0 Å². The number of nitrogens with two attached hydrogens (primary N) is 1. The molecule has 3 rings (SSSR count). The Morgan fingerprint density at radius 1 is 1.43 bits per heavy atom. The van der Waals surface area contributed by atoms with E-state index in [-0.39, 0.29) is 5.91 Å². The first-order valence-electron chi connectivity index (χ1n) is 7.28. The van der Waals surface area contributed by atoms with Crippen molar-refractivity contribution in [2.45, 2.75) is 37.4 Å². The molecule has 0 bridgehead atoms. The largest absolute Gasteiger partial charge is 0.399 e. The van der Waals surface area contributed by atoms with Crippen LogP contribution in [0.3, 0.4) is 0 Å². The van der Waals surface area contributed by atoms with E-state index >= 15 is 0 Å². The second-order valence-corrected chi connectivity index (χ2v) is 7.76. The lowest BCUT2D eigenvalue weighted by atomic mass is 10.3. The van der Waals surface area contributed by atoms with E-state index in [4.69, 9.17) is 5.73 Å². The fourth-order valence-corrected chi connectivity index (χ4v) is 4.78. The molecule has 1 fully saturated rings. The molecule has 2 aromatic rings. The summed E-state index contributed by atoms with van der Waals surface area (Å²) in [6.45, 7) is 0. The number of hydrogen-bond donors (Lipinski definition) is 2. The first-order valence-corrected chi connectivity index (χ1v) is 9.15. The molecule has 1 aliphatic carbocycles. The maximum Gasteiger partial charge on any atom is 0.226 e. The van der Waals surface area contributed by atoms with Crippen LogP contribution in [0.5, 0.6) is 0 Å². The Bertz CT molecular complexity index is 635. The molecule has 0 atom stereocenters. The number of thioether (sulfide) groups is 1. The summed E-state index contributed by atoms with van der Waals surface area (Å²) in [7, 11) is 0. The molecule has 1 amide bonds. The number of anilines is 2. The van der Waals surface area contributed by atoms with Crippen LogP contribution < -0.4 is 11.1 Å². The van der Waals surface area contributed by atoms with Crippen molar-refractivity contribution in [3.05, 3.63) is 18.2 Å². The van der Waals surface area contributed by atoms with Crippen molar-refractivity contribution in [2.75, 3.05) is 16.8 Å². The highest BCUT2D eigenvalue weighted by Gasteiger charge is 2.15. The number of fused-ring (bicyclic) bond motifs is 1. The fourth-order valence-electron chi connectivity index (χ4n) is 2.55. The van der Waals surface area contributed by atoms with Gasteiger partial charge in [-0.25, -0.2) is 4.98 Å². The monoisotopic (exact) mass is 321 g/mol. The highest BCUT2D eigenvalue weighted by atomic mass is 32.2. The number of amides is 1. The van der Waals surface area contributed by atoms with Gasteiger partial charge in [-0.05, 0) is 31.0 Å². The van der Waals surface area contributed by atoms with Gasteiger partial charge in [-0.15, -0.1) is 0 Å². The molecule has 0 spiro atoms. The van der Waals surface area contributed by atoms with Crippen molar-refractivity contribution in [1.29, 1.82) is 0 Å². The minimum Gasteiger partial charge on any atom is -0.399 e. The lowest BCUT2D eigenvalue weighted by molar-refractivity contribution is -0.115. The third-order valence-electron chi connectivity index (χ3n) is 3.64. The molecule has 0 radical (unpaired) electrons. The number of nitrogen functional groups attached to an aromatic ring is 1. The second kappa shape index (κ2) is 6.66. The number of carbonyl (C=O) groups excluding carboxylic acids is 1. The van der Waals surface area contributed by atoms with E-state index in [1.807, 2.05) is 30.0 Å². The first-order chi connectivity index (χ1) is 10.2. The summed E-state index contributed by atoms with van der Waals surface area (Å²) in [6.07, 6.45) is 5.87. The number of aromatic nitrogens is 1. The number of thiazole rings is 1. The number of carbonyl (C=O) groups is 1. The summed E-state index contributed by atoms with van der Waals surface area (Å²) in [5.74, 6) is 0.946. The Hall–Kier alpha value is -1.27. The SMILES string of the molecule is Nc1ccc2nc(NC(=O)CCSC3CCCC3)sc2c1. The lowest BCUT2D eigenvalue weighted by Gasteiger charge is -2.07. The van der Waals surface area contributed by atoms with Crippen LogP contribution in [-0.2, 0) is 4.79 Å². The predicted octanol–water partition coefficient (Wildman–Crippen LogP) is 3.88. The van der Waals surface area contributed by atoms with Crippen molar-refractivity contribution < 1.29 is 4.79 Å². The van der Waals surface area contributed by atoms with Gasteiger partial charge in [0.2, 0.25) is 5.91 Å². The van der Waals surface area contributed by atoms with Gasteiger partial charge in [0.15, 0.2) is 5.13 Å². The number of nitrogens with zero attached hydrogens (tertiary/aromatic N) is 1. The van der Waals surface area contributed by atoms with Crippen LogP contribution in [0.1, 0.15) is 32.1 Å². The normalized spacial score (nSPS) is 15.6. The zero-order valence-electron chi connectivity index (χ0n) is 11.8. The maximum atomic E-state index is 11.9. The average molecular weight is 321 g/mol. The van der Waals surface area contributed by atoms with Crippen LogP contribution in [0.2, 0.25) is 0 Å². The molecule has 3 N–H and O–H groups in total. The quantitative estimate of drug-likeness (QED) is 0.820. The van der Waals surface area contributed by atoms with Gasteiger partial charge in [-0.1, -0.05) is 24.2 Å². The van der Waals surface area contributed by atoms with E-state index in [1.165, 1.54) is 37.0 Å². The number of benzene rings is 1. The van der Waals surface area contributed by atoms with Gasteiger partial charge in [0.05, 0.1) is 10.2 Å². The molecule has 0 aliphatic heterocycles. The minimum absolute atomic E-state index is 0.0486. The van der Waals surface area contributed by atoms with Gasteiger partial charge in [0.25, 0.3) is 0 Å². The molecule has 1 saturated carbocycles. The van der Waals surface area contributed by atoms with Crippen LogP contribution in [0, 0.1) is 0 Å². The molecule has 0 saturated heterocycles. The van der Waals surface area contributed by atoms with Crippen LogP contribution >= 0.6 is 23.1 Å². The van der Waals surface area contributed by atoms with Crippen LogP contribution in [0.15, 0.2) is 18.2 Å². The minimum atomic E-state index is 0.0486. The zero-order valence-corrected chi connectivity index (χ0v) is 13.4. The van der Waals surface area contributed by atoms with Crippen molar-refractivity contribution in [3.63, 3.8) is 0 Å². The van der Waals surface area contributed by atoms with E-state index in [9.17, 15) is 4.79 Å². The maximum absolute atomic E-state index is 11.9. The first kappa shape index (κ1) is 14.7. The van der Waals surface area contributed by atoms with Gasteiger partial charge in [-0.2, -0.15) is 11.8 Å². The van der Waals surface area contributed by atoms with Crippen molar-refractivity contribution >= 4 is 50.0 Å². The average Bonchev–Trinajstić information content (AvgIpc) is 3.07. The summed E-state index contributed by atoms with van der Waals surface area (Å²) in [4.78, 5) is 16.4. The van der Waals surface area contributed by atoms with E-state index in [2.05, 4.69) is 10.3 Å². The molecule has 6 heteroatoms. The number of hydrogen-bond acceptors (Lipinski definition) is 5. The highest BCUT2D eigenvalue weighted by molar-refractivity contribution is 7.99. The van der Waals surface area contributed by atoms with Crippen LogP contribution in [0.4, 0.5) is 10.8 Å². The van der Waals surface area contributed by atoms with Crippen LogP contribution in [0.25, 0.3) is 10.2 Å². The Balaban J connectivity index is 1.51. The molecule has 112 valence electrons. The summed E-state index contributed by atoms with van der Waals surface area (Å²) < 4.78 is 1.01. The summed E-state index contributed by atoms with van der Waals surface area (Å²) in [6, 6.07) is 5.59. The highest BCUT2D eigenvalue weighted by Crippen LogP contribution is 2.30. The van der Waals surface area contributed by atoms with Crippen molar-refractivity contribution in [1.82, 2.24) is 4.98 Å². The molecule has 1 aromatic heterocycles. The Morgan fingerprint density at radius 2 is 2.24 bits per heavy atom. The van der Waals surface area contributed by atoms with Gasteiger partial charge < -0.3 is 11.1 Å². The van der Waals surface area contributed by atoms with E-state index in [1.54, 1.807) is 0 Å². The Kier molecular flexibility index (Phi) is 4.65. The summed E-state index contributed by atoms with van der Waals surface area (Å²) >= 11 is 3.40. The molecule has 1 heterocycles. The molecule has 1 aliphatic rings. The van der Waals surface area contributed by atoms with Crippen LogP contribution in [-0.4, -0.2) is 21.9 Å². The zero-order chi connectivity index (χ0) is 14.7.